The van der Waals surface area contributed by atoms with E-state index in [4.69, 9.17) is 10.00 Å². The highest BCUT2D eigenvalue weighted by Gasteiger charge is 2.06. The molecule has 3 nitrogen and oxygen atoms in total. The van der Waals surface area contributed by atoms with Crippen LogP contribution in [0, 0.1) is 24.1 Å². The first-order chi connectivity index (χ1) is 7.17. The SMILES string of the molecule is CNC(C#N)COc1cc(F)ccc1C. The lowest BCUT2D eigenvalue weighted by molar-refractivity contribution is 0.292. The summed E-state index contributed by atoms with van der Waals surface area (Å²) in [4.78, 5) is 0. The van der Waals surface area contributed by atoms with E-state index in [-0.39, 0.29) is 18.5 Å². The van der Waals surface area contributed by atoms with Gasteiger partial charge in [-0.15, -0.1) is 0 Å². The van der Waals surface area contributed by atoms with Crippen LogP contribution >= 0.6 is 0 Å². The van der Waals surface area contributed by atoms with E-state index in [0.717, 1.165) is 5.56 Å². The molecule has 0 spiro atoms. The Balaban J connectivity index is 2.65. The van der Waals surface area contributed by atoms with Crippen LogP contribution in [-0.2, 0) is 0 Å². The Hall–Kier alpha value is -1.60. The lowest BCUT2D eigenvalue weighted by Crippen LogP contribution is -2.30. The van der Waals surface area contributed by atoms with E-state index < -0.39 is 0 Å². The summed E-state index contributed by atoms with van der Waals surface area (Å²) in [5.74, 6) is 0.138. The fourth-order valence-electron chi connectivity index (χ4n) is 1.09. The number of halogens is 1. The van der Waals surface area contributed by atoms with Crippen molar-refractivity contribution in [1.82, 2.24) is 5.32 Å². The minimum atomic E-state index is -0.382. The second-order valence-corrected chi connectivity index (χ2v) is 3.19. The molecule has 0 aromatic heterocycles. The molecule has 1 N–H and O–H groups in total. The minimum absolute atomic E-state index is 0.206. The van der Waals surface area contributed by atoms with Gasteiger partial charge in [0, 0.05) is 6.07 Å². The van der Waals surface area contributed by atoms with E-state index >= 15 is 0 Å². The number of nitrogens with zero attached hydrogens (tertiary/aromatic N) is 1. The summed E-state index contributed by atoms with van der Waals surface area (Å²) >= 11 is 0. The molecule has 0 bridgehead atoms. The number of rotatable bonds is 4. The number of hydrogen-bond donors (Lipinski definition) is 1. The number of nitrogens with one attached hydrogen (secondary N) is 1. The standard InChI is InChI=1S/C11H13FN2O/c1-8-3-4-9(12)5-11(8)15-7-10(6-13)14-2/h3-5,10,14H,7H2,1-2H3. The summed E-state index contributed by atoms with van der Waals surface area (Å²) in [5.41, 5.74) is 0.851. The van der Waals surface area contributed by atoms with Gasteiger partial charge in [-0.3, -0.25) is 0 Å². The van der Waals surface area contributed by atoms with E-state index in [1.54, 1.807) is 13.1 Å². The van der Waals surface area contributed by atoms with E-state index in [0.29, 0.717) is 5.75 Å². The zero-order valence-corrected chi connectivity index (χ0v) is 8.75. The summed E-state index contributed by atoms with van der Waals surface area (Å²) in [6, 6.07) is 5.98. The number of likely N-dealkylation sites (N-methyl/N-ethyl adjacent to an activating group) is 1. The van der Waals surface area contributed by atoms with Crippen LogP contribution in [0.4, 0.5) is 4.39 Å². The minimum Gasteiger partial charge on any atom is -0.490 e. The Morgan fingerprint density at radius 3 is 2.93 bits per heavy atom. The van der Waals surface area contributed by atoms with Gasteiger partial charge in [0.05, 0.1) is 6.07 Å². The monoisotopic (exact) mass is 208 g/mol. The Bertz CT molecular complexity index is 373. The lowest BCUT2D eigenvalue weighted by atomic mass is 10.2. The molecule has 1 aromatic carbocycles. The molecule has 15 heavy (non-hydrogen) atoms. The van der Waals surface area contributed by atoms with Gasteiger partial charge in [0.2, 0.25) is 0 Å². The zero-order valence-electron chi connectivity index (χ0n) is 8.75. The van der Waals surface area contributed by atoms with Crippen molar-refractivity contribution in [3.63, 3.8) is 0 Å². The Morgan fingerprint density at radius 2 is 2.33 bits per heavy atom. The van der Waals surface area contributed by atoms with Crippen LogP contribution < -0.4 is 10.1 Å². The number of benzene rings is 1. The summed E-state index contributed by atoms with van der Waals surface area (Å²) in [5, 5.41) is 11.4. The van der Waals surface area contributed by atoms with E-state index in [9.17, 15) is 4.39 Å². The molecule has 0 saturated carbocycles. The van der Waals surface area contributed by atoms with Gasteiger partial charge in [0.1, 0.15) is 24.2 Å². The molecule has 1 atom stereocenters. The van der Waals surface area contributed by atoms with Gasteiger partial charge in [-0.2, -0.15) is 5.26 Å². The highest BCUT2D eigenvalue weighted by molar-refractivity contribution is 5.32. The molecule has 1 aromatic rings. The molecule has 80 valence electrons. The molecule has 0 aliphatic heterocycles. The average molecular weight is 208 g/mol. The van der Waals surface area contributed by atoms with Crippen LogP contribution in [0.5, 0.6) is 5.75 Å². The molecule has 0 aliphatic carbocycles. The molecule has 0 amide bonds. The van der Waals surface area contributed by atoms with Crippen LogP contribution in [-0.4, -0.2) is 19.7 Å². The van der Waals surface area contributed by atoms with Crippen molar-refractivity contribution in [2.24, 2.45) is 0 Å². The summed E-state index contributed by atoms with van der Waals surface area (Å²) < 4.78 is 18.2. The Labute approximate surface area is 88.5 Å². The number of aryl methyl sites for hydroxylation is 1. The summed E-state index contributed by atoms with van der Waals surface area (Å²) in [6.45, 7) is 2.03. The third-order valence-electron chi connectivity index (χ3n) is 2.06. The van der Waals surface area contributed by atoms with E-state index in [1.807, 2.05) is 13.0 Å². The first-order valence-electron chi connectivity index (χ1n) is 4.63. The fraction of sp³-hybridized carbons (Fsp3) is 0.364. The molecular weight excluding hydrogens is 195 g/mol. The first-order valence-corrected chi connectivity index (χ1v) is 4.63. The number of nitriles is 1. The molecule has 1 rings (SSSR count). The van der Waals surface area contributed by atoms with Gasteiger partial charge in [0.15, 0.2) is 0 Å². The maximum absolute atomic E-state index is 12.9. The average Bonchev–Trinajstić information content (AvgIpc) is 2.24. The molecule has 1 unspecified atom stereocenters. The first kappa shape index (κ1) is 11.5. The van der Waals surface area contributed by atoms with Crippen molar-refractivity contribution in [1.29, 1.82) is 5.26 Å². The normalized spacial score (nSPS) is 11.9. The molecular formula is C11H13FN2O. The van der Waals surface area contributed by atoms with Crippen molar-refractivity contribution in [2.45, 2.75) is 13.0 Å². The highest BCUT2D eigenvalue weighted by atomic mass is 19.1. The smallest absolute Gasteiger partial charge is 0.129 e. The van der Waals surface area contributed by atoms with Crippen molar-refractivity contribution in [3.8, 4) is 11.8 Å². The van der Waals surface area contributed by atoms with Crippen molar-refractivity contribution < 1.29 is 9.13 Å². The van der Waals surface area contributed by atoms with Crippen molar-refractivity contribution in [3.05, 3.63) is 29.6 Å². The Kier molecular flexibility index (Phi) is 4.07. The highest BCUT2D eigenvalue weighted by Crippen LogP contribution is 2.18. The maximum Gasteiger partial charge on any atom is 0.129 e. The quantitative estimate of drug-likeness (QED) is 0.817. The molecule has 0 fully saturated rings. The lowest BCUT2D eigenvalue weighted by Gasteiger charge is -2.11. The molecule has 4 heteroatoms. The zero-order chi connectivity index (χ0) is 11.3. The second-order valence-electron chi connectivity index (χ2n) is 3.19. The van der Waals surface area contributed by atoms with E-state index in [1.165, 1.54) is 12.1 Å². The van der Waals surface area contributed by atoms with Crippen LogP contribution in [0.25, 0.3) is 0 Å². The Morgan fingerprint density at radius 1 is 1.60 bits per heavy atom. The van der Waals surface area contributed by atoms with Gasteiger partial charge in [-0.1, -0.05) is 6.07 Å². The molecule has 0 saturated heterocycles. The van der Waals surface area contributed by atoms with Gasteiger partial charge >= 0.3 is 0 Å². The molecule has 0 aliphatic rings. The van der Waals surface area contributed by atoms with Crippen LogP contribution in [0.1, 0.15) is 5.56 Å². The largest absolute Gasteiger partial charge is 0.490 e. The van der Waals surface area contributed by atoms with Gasteiger partial charge in [-0.25, -0.2) is 4.39 Å². The third-order valence-corrected chi connectivity index (χ3v) is 2.06. The predicted octanol–water partition coefficient (Wildman–Crippen LogP) is 1.62. The van der Waals surface area contributed by atoms with Crippen LogP contribution in [0.15, 0.2) is 18.2 Å². The number of hydrogen-bond acceptors (Lipinski definition) is 3. The number of ether oxygens (including phenoxy) is 1. The van der Waals surface area contributed by atoms with Gasteiger partial charge < -0.3 is 10.1 Å². The van der Waals surface area contributed by atoms with Gasteiger partial charge in [-0.05, 0) is 25.6 Å². The third kappa shape index (κ3) is 3.22. The van der Waals surface area contributed by atoms with Crippen molar-refractivity contribution in [2.75, 3.05) is 13.7 Å². The van der Waals surface area contributed by atoms with Crippen LogP contribution in [0.2, 0.25) is 0 Å². The summed E-state index contributed by atoms with van der Waals surface area (Å²) in [6.07, 6.45) is 0. The molecule has 0 radical (unpaired) electrons. The second kappa shape index (κ2) is 5.32. The predicted molar refractivity (Wildman–Crippen MR) is 55.1 cm³/mol. The van der Waals surface area contributed by atoms with Crippen LogP contribution in [0.3, 0.4) is 0 Å². The van der Waals surface area contributed by atoms with E-state index in [2.05, 4.69) is 5.32 Å². The molecule has 0 heterocycles. The topological polar surface area (TPSA) is 45.0 Å². The van der Waals surface area contributed by atoms with Gasteiger partial charge in [0.25, 0.3) is 0 Å². The van der Waals surface area contributed by atoms with Crippen molar-refractivity contribution >= 4 is 0 Å². The fourth-order valence-corrected chi connectivity index (χ4v) is 1.09. The maximum atomic E-state index is 12.9. The summed E-state index contributed by atoms with van der Waals surface area (Å²) in [7, 11) is 1.68.